The largest absolute Gasteiger partial charge is 0.439 e. The van der Waals surface area contributed by atoms with E-state index in [1.54, 1.807) is 0 Å². The summed E-state index contributed by atoms with van der Waals surface area (Å²) in [6, 6.07) is 0.444. The topological polar surface area (TPSA) is 58.6 Å². The normalized spacial score (nSPS) is 26.9. The standard InChI is InChI=1S/C10H16N2O3/c13-9-7-15-10(14)12(9)6-4-8-3-1-2-5-11-8/h8,11H,1-7H2. The number of carbonyl (C=O) groups is 2. The van der Waals surface area contributed by atoms with Gasteiger partial charge in [-0.05, 0) is 25.8 Å². The molecule has 2 saturated heterocycles. The van der Waals surface area contributed by atoms with Crippen molar-refractivity contribution in [1.29, 1.82) is 0 Å². The van der Waals surface area contributed by atoms with E-state index in [2.05, 4.69) is 10.1 Å². The van der Waals surface area contributed by atoms with Crippen LogP contribution in [-0.2, 0) is 9.53 Å². The highest BCUT2D eigenvalue weighted by Gasteiger charge is 2.31. The van der Waals surface area contributed by atoms with E-state index in [0.29, 0.717) is 12.6 Å². The fourth-order valence-electron chi connectivity index (χ4n) is 2.05. The van der Waals surface area contributed by atoms with E-state index < -0.39 is 6.09 Å². The van der Waals surface area contributed by atoms with Gasteiger partial charge in [-0.15, -0.1) is 0 Å². The molecule has 0 aliphatic carbocycles. The van der Waals surface area contributed by atoms with Gasteiger partial charge in [-0.1, -0.05) is 6.42 Å². The van der Waals surface area contributed by atoms with Crippen molar-refractivity contribution in [2.45, 2.75) is 31.7 Å². The summed E-state index contributed by atoms with van der Waals surface area (Å²) in [5.41, 5.74) is 0. The zero-order valence-corrected chi connectivity index (χ0v) is 8.70. The molecule has 0 spiro atoms. The minimum atomic E-state index is -0.490. The predicted octanol–water partition coefficient (Wildman–Crippen LogP) is 0.497. The van der Waals surface area contributed by atoms with Gasteiger partial charge in [-0.3, -0.25) is 4.79 Å². The first-order chi connectivity index (χ1) is 7.27. The predicted molar refractivity (Wildman–Crippen MR) is 53.3 cm³/mol. The Morgan fingerprint density at radius 2 is 2.27 bits per heavy atom. The quantitative estimate of drug-likeness (QED) is 0.740. The number of amides is 2. The molecule has 5 nitrogen and oxygen atoms in total. The summed E-state index contributed by atoms with van der Waals surface area (Å²) in [5.74, 6) is -0.212. The van der Waals surface area contributed by atoms with Crippen LogP contribution in [0.5, 0.6) is 0 Å². The Labute approximate surface area is 88.8 Å². The number of imide groups is 1. The SMILES string of the molecule is O=C1COC(=O)N1CCC1CCCCN1. The molecule has 2 amide bonds. The minimum absolute atomic E-state index is 0.0864. The Bertz CT molecular complexity index is 245. The van der Waals surface area contributed by atoms with Crippen LogP contribution in [0.2, 0.25) is 0 Å². The third-order valence-electron chi connectivity index (χ3n) is 2.95. The number of hydrogen-bond donors (Lipinski definition) is 1. The second-order valence-electron chi connectivity index (χ2n) is 4.04. The molecule has 1 unspecified atom stereocenters. The lowest BCUT2D eigenvalue weighted by Gasteiger charge is -2.24. The molecule has 0 radical (unpaired) electrons. The van der Waals surface area contributed by atoms with E-state index >= 15 is 0 Å². The van der Waals surface area contributed by atoms with Crippen molar-refractivity contribution in [1.82, 2.24) is 10.2 Å². The maximum absolute atomic E-state index is 11.2. The molecule has 2 heterocycles. The zero-order chi connectivity index (χ0) is 10.7. The van der Waals surface area contributed by atoms with Crippen LogP contribution in [0.15, 0.2) is 0 Å². The zero-order valence-electron chi connectivity index (χ0n) is 8.70. The maximum Gasteiger partial charge on any atom is 0.417 e. The van der Waals surface area contributed by atoms with Crippen molar-refractivity contribution >= 4 is 12.0 Å². The lowest BCUT2D eigenvalue weighted by molar-refractivity contribution is -0.126. The molecule has 0 bridgehead atoms. The van der Waals surface area contributed by atoms with Gasteiger partial charge >= 0.3 is 6.09 Å². The Kier molecular flexibility index (Phi) is 3.20. The molecule has 0 aromatic carbocycles. The molecular formula is C10H16N2O3. The smallest absolute Gasteiger partial charge is 0.417 e. The third kappa shape index (κ3) is 2.47. The van der Waals surface area contributed by atoms with Crippen LogP contribution < -0.4 is 5.32 Å². The van der Waals surface area contributed by atoms with Crippen LogP contribution in [0, 0.1) is 0 Å². The van der Waals surface area contributed by atoms with Crippen molar-refractivity contribution in [2.75, 3.05) is 19.7 Å². The number of cyclic esters (lactones) is 1. The number of ether oxygens (including phenoxy) is 1. The van der Waals surface area contributed by atoms with Gasteiger partial charge in [0.25, 0.3) is 5.91 Å². The third-order valence-corrected chi connectivity index (χ3v) is 2.95. The monoisotopic (exact) mass is 212 g/mol. The van der Waals surface area contributed by atoms with E-state index in [-0.39, 0.29) is 12.5 Å². The fourth-order valence-corrected chi connectivity index (χ4v) is 2.05. The molecule has 84 valence electrons. The molecule has 2 rings (SSSR count). The van der Waals surface area contributed by atoms with E-state index in [0.717, 1.165) is 19.4 Å². The van der Waals surface area contributed by atoms with E-state index in [1.165, 1.54) is 17.7 Å². The number of rotatable bonds is 3. The van der Waals surface area contributed by atoms with Gasteiger partial charge in [0.2, 0.25) is 0 Å². The first kappa shape index (κ1) is 10.4. The summed E-state index contributed by atoms with van der Waals surface area (Å²) in [5, 5.41) is 3.38. The highest BCUT2D eigenvalue weighted by atomic mass is 16.6. The van der Waals surface area contributed by atoms with Crippen molar-refractivity contribution < 1.29 is 14.3 Å². The van der Waals surface area contributed by atoms with Crippen LogP contribution >= 0.6 is 0 Å². The van der Waals surface area contributed by atoms with E-state index in [9.17, 15) is 9.59 Å². The second-order valence-corrected chi connectivity index (χ2v) is 4.04. The van der Waals surface area contributed by atoms with Gasteiger partial charge in [0, 0.05) is 12.6 Å². The Morgan fingerprint density at radius 3 is 2.87 bits per heavy atom. The van der Waals surface area contributed by atoms with Crippen molar-refractivity contribution in [3.63, 3.8) is 0 Å². The van der Waals surface area contributed by atoms with Crippen LogP contribution in [-0.4, -0.2) is 42.6 Å². The first-order valence-corrected chi connectivity index (χ1v) is 5.48. The molecule has 2 fully saturated rings. The number of nitrogens with zero attached hydrogens (tertiary/aromatic N) is 1. The molecule has 5 heteroatoms. The molecule has 2 aliphatic heterocycles. The molecule has 0 aromatic rings. The van der Waals surface area contributed by atoms with Crippen LogP contribution in [0.4, 0.5) is 4.79 Å². The van der Waals surface area contributed by atoms with Crippen molar-refractivity contribution in [2.24, 2.45) is 0 Å². The van der Waals surface area contributed by atoms with Crippen molar-refractivity contribution in [3.8, 4) is 0 Å². The molecule has 15 heavy (non-hydrogen) atoms. The lowest BCUT2D eigenvalue weighted by atomic mass is 10.0. The number of nitrogens with one attached hydrogen (secondary N) is 1. The van der Waals surface area contributed by atoms with Gasteiger partial charge in [-0.2, -0.15) is 0 Å². The molecular weight excluding hydrogens is 196 g/mol. The average Bonchev–Trinajstić information content (AvgIpc) is 2.58. The summed E-state index contributed by atoms with van der Waals surface area (Å²) in [6.45, 7) is 1.44. The summed E-state index contributed by atoms with van der Waals surface area (Å²) in [6.07, 6.45) is 3.94. The molecule has 0 saturated carbocycles. The fraction of sp³-hybridized carbons (Fsp3) is 0.800. The van der Waals surface area contributed by atoms with Gasteiger partial charge in [0.15, 0.2) is 6.61 Å². The summed E-state index contributed by atoms with van der Waals surface area (Å²) in [7, 11) is 0. The molecule has 2 aliphatic rings. The minimum Gasteiger partial charge on any atom is -0.439 e. The highest BCUT2D eigenvalue weighted by molar-refractivity contribution is 5.97. The van der Waals surface area contributed by atoms with E-state index in [1.807, 2.05) is 0 Å². The number of piperidine rings is 1. The molecule has 0 aromatic heterocycles. The lowest BCUT2D eigenvalue weighted by Crippen LogP contribution is -2.39. The van der Waals surface area contributed by atoms with Crippen molar-refractivity contribution in [3.05, 3.63) is 0 Å². The highest BCUT2D eigenvalue weighted by Crippen LogP contribution is 2.12. The first-order valence-electron chi connectivity index (χ1n) is 5.48. The van der Waals surface area contributed by atoms with Crippen LogP contribution in [0.25, 0.3) is 0 Å². The molecule has 1 atom stereocenters. The summed E-state index contributed by atoms with van der Waals surface area (Å²) >= 11 is 0. The maximum atomic E-state index is 11.2. The van der Waals surface area contributed by atoms with E-state index in [4.69, 9.17) is 0 Å². The van der Waals surface area contributed by atoms with Gasteiger partial charge in [0.05, 0.1) is 0 Å². The number of carbonyl (C=O) groups excluding carboxylic acids is 2. The average molecular weight is 212 g/mol. The molecule has 1 N–H and O–H groups in total. The van der Waals surface area contributed by atoms with Crippen LogP contribution in [0.3, 0.4) is 0 Å². The summed E-state index contributed by atoms with van der Waals surface area (Å²) in [4.78, 5) is 23.5. The second kappa shape index (κ2) is 4.61. The Balaban J connectivity index is 1.76. The van der Waals surface area contributed by atoms with Crippen LogP contribution in [0.1, 0.15) is 25.7 Å². The summed E-state index contributed by atoms with van der Waals surface area (Å²) < 4.78 is 4.63. The van der Waals surface area contributed by atoms with Gasteiger partial charge in [0.1, 0.15) is 0 Å². The Morgan fingerprint density at radius 1 is 1.40 bits per heavy atom. The number of hydrogen-bond acceptors (Lipinski definition) is 4. The Hall–Kier alpha value is -1.10. The van der Waals surface area contributed by atoms with Gasteiger partial charge in [-0.25, -0.2) is 9.69 Å². The van der Waals surface area contributed by atoms with Gasteiger partial charge < -0.3 is 10.1 Å².